The van der Waals surface area contributed by atoms with Crippen LogP contribution in [0.25, 0.3) is 0 Å². The molecular weight excluding hydrogens is 246 g/mol. The Labute approximate surface area is 109 Å². The molecule has 6 nitrogen and oxygen atoms in total. The van der Waals surface area contributed by atoms with Crippen LogP contribution in [0.2, 0.25) is 0 Å². The topological polar surface area (TPSA) is 84.2 Å². The molecule has 98 valence electrons. The van der Waals surface area contributed by atoms with Crippen LogP contribution in [0.5, 0.6) is 0 Å². The van der Waals surface area contributed by atoms with Crippen molar-refractivity contribution >= 4 is 23.3 Å². The highest BCUT2D eigenvalue weighted by Crippen LogP contribution is 2.10. The average Bonchev–Trinajstić information content (AvgIpc) is 2.74. The monoisotopic (exact) mass is 259 g/mol. The Balaban J connectivity index is 1.98. The maximum Gasteiger partial charge on any atom is 0.315 e. The van der Waals surface area contributed by atoms with Crippen molar-refractivity contribution in [2.24, 2.45) is 0 Å². The first kappa shape index (κ1) is 12.8. The fourth-order valence-corrected chi connectivity index (χ4v) is 1.51. The zero-order chi connectivity index (χ0) is 13.8. The number of benzene rings is 1. The Morgan fingerprint density at radius 3 is 2.47 bits per heavy atom. The largest absolute Gasteiger partial charge is 0.360 e. The molecule has 0 spiro atoms. The van der Waals surface area contributed by atoms with Gasteiger partial charge < -0.3 is 9.84 Å². The van der Waals surface area contributed by atoms with Crippen molar-refractivity contribution in [3.63, 3.8) is 0 Å². The lowest BCUT2D eigenvalue weighted by molar-refractivity contribution is -0.133. The quantitative estimate of drug-likeness (QED) is 0.806. The molecule has 2 N–H and O–H groups in total. The van der Waals surface area contributed by atoms with E-state index < -0.39 is 11.8 Å². The van der Waals surface area contributed by atoms with Gasteiger partial charge in [0.15, 0.2) is 5.82 Å². The Kier molecular flexibility index (Phi) is 3.61. The summed E-state index contributed by atoms with van der Waals surface area (Å²) in [6.07, 6.45) is 0. The number of rotatable bonds is 2. The fourth-order valence-electron chi connectivity index (χ4n) is 1.51. The number of nitrogens with one attached hydrogen (secondary N) is 2. The van der Waals surface area contributed by atoms with Gasteiger partial charge in [0.25, 0.3) is 0 Å². The molecule has 1 aromatic heterocycles. The van der Waals surface area contributed by atoms with E-state index in [1.807, 2.05) is 13.0 Å². The summed E-state index contributed by atoms with van der Waals surface area (Å²) in [7, 11) is 0. The van der Waals surface area contributed by atoms with Crippen LogP contribution in [0.15, 0.2) is 34.9 Å². The molecule has 0 aliphatic carbocycles. The van der Waals surface area contributed by atoms with Crippen LogP contribution in [0.3, 0.4) is 0 Å². The molecule has 0 bridgehead atoms. The van der Waals surface area contributed by atoms with Gasteiger partial charge in [-0.25, -0.2) is 0 Å². The van der Waals surface area contributed by atoms with E-state index in [-0.39, 0.29) is 5.82 Å². The molecule has 2 aromatic rings. The van der Waals surface area contributed by atoms with Crippen LogP contribution >= 0.6 is 0 Å². The number of hydrogen-bond donors (Lipinski definition) is 2. The lowest BCUT2D eigenvalue weighted by Gasteiger charge is -2.05. The molecule has 1 heterocycles. The molecule has 0 aliphatic heterocycles. The Bertz CT molecular complexity index is 619. The van der Waals surface area contributed by atoms with Gasteiger partial charge in [-0.3, -0.25) is 14.9 Å². The number of nitrogens with zero attached hydrogens (tertiary/aromatic N) is 1. The lowest BCUT2D eigenvalue weighted by Crippen LogP contribution is -2.29. The summed E-state index contributed by atoms with van der Waals surface area (Å²) in [6.45, 7) is 3.59. The van der Waals surface area contributed by atoms with E-state index in [0.717, 1.165) is 5.56 Å². The van der Waals surface area contributed by atoms with Gasteiger partial charge in [-0.2, -0.15) is 0 Å². The predicted molar refractivity (Wildman–Crippen MR) is 69.7 cm³/mol. The van der Waals surface area contributed by atoms with Gasteiger partial charge in [0, 0.05) is 11.8 Å². The van der Waals surface area contributed by atoms with E-state index in [9.17, 15) is 9.59 Å². The minimum absolute atomic E-state index is 0.210. The molecule has 0 atom stereocenters. The zero-order valence-electron chi connectivity index (χ0n) is 10.6. The summed E-state index contributed by atoms with van der Waals surface area (Å²) < 4.78 is 4.78. The standard InChI is InChI=1S/C13H13N3O3/c1-8-4-3-5-10(6-8)14-12(17)13(18)15-11-7-9(2)19-16-11/h3-7H,1-2H3,(H,14,17)(H,15,16,18). The van der Waals surface area contributed by atoms with Gasteiger partial charge >= 0.3 is 11.8 Å². The molecule has 19 heavy (non-hydrogen) atoms. The number of aromatic nitrogens is 1. The van der Waals surface area contributed by atoms with Crippen LogP contribution < -0.4 is 10.6 Å². The maximum absolute atomic E-state index is 11.7. The molecule has 1 aromatic carbocycles. The number of amides is 2. The number of carbonyl (C=O) groups excluding carboxylic acids is 2. The van der Waals surface area contributed by atoms with E-state index in [1.165, 1.54) is 6.07 Å². The third-order valence-electron chi connectivity index (χ3n) is 2.35. The molecule has 2 amide bonds. The molecule has 0 radical (unpaired) electrons. The van der Waals surface area contributed by atoms with Crippen molar-refractivity contribution in [3.05, 3.63) is 41.7 Å². The number of anilines is 2. The molecule has 2 rings (SSSR count). The van der Waals surface area contributed by atoms with Crippen LogP contribution in [0.4, 0.5) is 11.5 Å². The van der Waals surface area contributed by atoms with Crippen molar-refractivity contribution in [2.45, 2.75) is 13.8 Å². The van der Waals surface area contributed by atoms with Gasteiger partial charge in [-0.1, -0.05) is 17.3 Å². The summed E-state index contributed by atoms with van der Waals surface area (Å²) in [5.74, 6) is -0.794. The molecule has 0 unspecified atom stereocenters. The smallest absolute Gasteiger partial charge is 0.315 e. The van der Waals surface area contributed by atoms with Crippen LogP contribution in [-0.4, -0.2) is 17.0 Å². The van der Waals surface area contributed by atoms with Crippen LogP contribution in [-0.2, 0) is 9.59 Å². The zero-order valence-corrected chi connectivity index (χ0v) is 10.6. The Morgan fingerprint density at radius 2 is 1.84 bits per heavy atom. The van der Waals surface area contributed by atoms with E-state index in [4.69, 9.17) is 4.52 Å². The minimum Gasteiger partial charge on any atom is -0.360 e. The molecule has 0 saturated carbocycles. The average molecular weight is 259 g/mol. The van der Waals surface area contributed by atoms with E-state index >= 15 is 0 Å². The lowest BCUT2D eigenvalue weighted by atomic mass is 10.2. The third-order valence-corrected chi connectivity index (χ3v) is 2.35. The maximum atomic E-state index is 11.7. The van der Waals surface area contributed by atoms with Crippen molar-refractivity contribution in [1.82, 2.24) is 5.16 Å². The van der Waals surface area contributed by atoms with Crippen molar-refractivity contribution in [2.75, 3.05) is 10.6 Å². The first-order valence-electron chi connectivity index (χ1n) is 5.67. The number of aryl methyl sites for hydroxylation is 2. The number of hydrogen-bond acceptors (Lipinski definition) is 4. The third kappa shape index (κ3) is 3.41. The summed E-state index contributed by atoms with van der Waals surface area (Å²) in [4.78, 5) is 23.3. The normalized spacial score (nSPS) is 10.0. The highest BCUT2D eigenvalue weighted by molar-refractivity contribution is 6.43. The molecular formula is C13H13N3O3. The van der Waals surface area contributed by atoms with Gasteiger partial charge in [-0.15, -0.1) is 0 Å². The first-order valence-corrected chi connectivity index (χ1v) is 5.67. The van der Waals surface area contributed by atoms with Gasteiger partial charge in [0.2, 0.25) is 0 Å². The Hall–Kier alpha value is -2.63. The SMILES string of the molecule is Cc1cccc(NC(=O)C(=O)Nc2cc(C)on2)c1. The minimum atomic E-state index is -0.796. The van der Waals surface area contributed by atoms with Crippen molar-refractivity contribution < 1.29 is 14.1 Å². The van der Waals surface area contributed by atoms with Crippen molar-refractivity contribution in [1.29, 1.82) is 0 Å². The van der Waals surface area contributed by atoms with E-state index in [2.05, 4.69) is 15.8 Å². The van der Waals surface area contributed by atoms with Gasteiger partial charge in [0.1, 0.15) is 5.76 Å². The van der Waals surface area contributed by atoms with Gasteiger partial charge in [0.05, 0.1) is 0 Å². The Morgan fingerprint density at radius 1 is 1.11 bits per heavy atom. The summed E-state index contributed by atoms with van der Waals surface area (Å²) in [5, 5.41) is 8.41. The second-order valence-electron chi connectivity index (χ2n) is 4.10. The summed E-state index contributed by atoms with van der Waals surface area (Å²) >= 11 is 0. The van der Waals surface area contributed by atoms with Crippen LogP contribution in [0, 0.1) is 13.8 Å². The molecule has 0 aliphatic rings. The highest BCUT2D eigenvalue weighted by atomic mass is 16.5. The van der Waals surface area contributed by atoms with Gasteiger partial charge in [-0.05, 0) is 31.5 Å². The predicted octanol–water partition coefficient (Wildman–Crippen LogP) is 1.87. The molecule has 0 fully saturated rings. The van der Waals surface area contributed by atoms with Crippen molar-refractivity contribution in [3.8, 4) is 0 Å². The second-order valence-corrected chi connectivity index (χ2v) is 4.10. The molecule has 0 saturated heterocycles. The second kappa shape index (κ2) is 5.34. The summed E-state index contributed by atoms with van der Waals surface area (Å²) in [5.41, 5.74) is 1.56. The molecule has 6 heteroatoms. The van der Waals surface area contributed by atoms with E-state index in [0.29, 0.717) is 11.4 Å². The summed E-state index contributed by atoms with van der Waals surface area (Å²) in [6, 6.07) is 8.69. The van der Waals surface area contributed by atoms with E-state index in [1.54, 1.807) is 25.1 Å². The fraction of sp³-hybridized carbons (Fsp3) is 0.154. The first-order chi connectivity index (χ1) is 9.04. The van der Waals surface area contributed by atoms with Crippen LogP contribution in [0.1, 0.15) is 11.3 Å². The highest BCUT2D eigenvalue weighted by Gasteiger charge is 2.15. The number of carbonyl (C=O) groups is 2.